The summed E-state index contributed by atoms with van der Waals surface area (Å²) >= 11 is 0. The van der Waals surface area contributed by atoms with Crippen molar-refractivity contribution in [3.8, 4) is 0 Å². The molecule has 1 saturated carbocycles. The molecule has 110 valence electrons. The largest absolute Gasteiger partial charge is 0.318 e. The molecule has 0 aliphatic heterocycles. The molecule has 0 amide bonds. The number of aryl methyl sites for hydroxylation is 1. The minimum atomic E-state index is -0.203. The third kappa shape index (κ3) is 1.95. The molecule has 0 saturated heterocycles. The molecule has 1 aromatic carbocycles. The molecular formula is C16H14N4O2. The number of carbonyl (C=O) groups excluding carboxylic acids is 1. The van der Waals surface area contributed by atoms with Crippen LogP contribution in [0.5, 0.6) is 0 Å². The molecule has 0 atom stereocenters. The molecule has 1 aliphatic carbocycles. The molecule has 2 aromatic heterocycles. The van der Waals surface area contributed by atoms with Crippen molar-refractivity contribution < 1.29 is 4.79 Å². The standard InChI is InChI=1S/C16H14N4O2/c1-19-8-7-11-12(3-2-4-13(11)16(19)22)15(21)14-9-20(18-17-14)10-5-6-10/h2-4,7-10H,5-6H2,1H3. The normalized spacial score (nSPS) is 14.4. The molecule has 0 N–H and O–H groups in total. The molecule has 4 rings (SSSR count). The van der Waals surface area contributed by atoms with Gasteiger partial charge < -0.3 is 4.57 Å². The van der Waals surface area contributed by atoms with E-state index in [-0.39, 0.29) is 11.3 Å². The zero-order valence-corrected chi connectivity index (χ0v) is 12.1. The zero-order valence-electron chi connectivity index (χ0n) is 12.1. The number of fused-ring (bicyclic) bond motifs is 1. The summed E-state index contributed by atoms with van der Waals surface area (Å²) < 4.78 is 3.25. The van der Waals surface area contributed by atoms with E-state index in [4.69, 9.17) is 0 Å². The van der Waals surface area contributed by atoms with Crippen LogP contribution in [0.15, 0.2) is 41.5 Å². The lowest BCUT2D eigenvalue weighted by molar-refractivity contribution is 0.103. The molecule has 22 heavy (non-hydrogen) atoms. The Labute approximate surface area is 126 Å². The van der Waals surface area contributed by atoms with E-state index >= 15 is 0 Å². The number of hydrogen-bond donors (Lipinski definition) is 0. The highest BCUT2D eigenvalue weighted by Crippen LogP contribution is 2.33. The van der Waals surface area contributed by atoms with Crippen LogP contribution >= 0.6 is 0 Å². The van der Waals surface area contributed by atoms with E-state index < -0.39 is 0 Å². The first-order chi connectivity index (χ1) is 10.6. The third-order valence-corrected chi connectivity index (χ3v) is 4.03. The van der Waals surface area contributed by atoms with Crippen LogP contribution in [0.3, 0.4) is 0 Å². The van der Waals surface area contributed by atoms with Crippen LogP contribution in [-0.2, 0) is 7.05 Å². The van der Waals surface area contributed by atoms with Crippen LogP contribution in [-0.4, -0.2) is 25.3 Å². The average molecular weight is 294 g/mol. The van der Waals surface area contributed by atoms with E-state index in [9.17, 15) is 9.59 Å². The lowest BCUT2D eigenvalue weighted by atomic mass is 10.0. The van der Waals surface area contributed by atoms with Gasteiger partial charge >= 0.3 is 0 Å². The second-order valence-corrected chi connectivity index (χ2v) is 5.64. The summed E-state index contributed by atoms with van der Waals surface area (Å²) in [6.07, 6.45) is 5.53. The maximum Gasteiger partial charge on any atom is 0.258 e. The minimum Gasteiger partial charge on any atom is -0.318 e. The molecule has 0 spiro atoms. The van der Waals surface area contributed by atoms with Crippen LogP contribution in [0.1, 0.15) is 34.9 Å². The number of aromatic nitrogens is 4. The summed E-state index contributed by atoms with van der Waals surface area (Å²) in [5.74, 6) is -0.203. The van der Waals surface area contributed by atoms with Gasteiger partial charge in [-0.2, -0.15) is 0 Å². The zero-order chi connectivity index (χ0) is 15.3. The second kappa shape index (κ2) is 4.62. The highest BCUT2D eigenvalue weighted by Gasteiger charge is 2.26. The van der Waals surface area contributed by atoms with Crippen LogP contribution < -0.4 is 5.56 Å². The van der Waals surface area contributed by atoms with Gasteiger partial charge in [-0.25, -0.2) is 4.68 Å². The molecule has 6 heteroatoms. The van der Waals surface area contributed by atoms with E-state index in [2.05, 4.69) is 10.3 Å². The quantitative estimate of drug-likeness (QED) is 0.689. The average Bonchev–Trinajstić information content (AvgIpc) is 3.27. The molecule has 0 unspecified atom stereocenters. The summed E-state index contributed by atoms with van der Waals surface area (Å²) in [4.78, 5) is 24.8. The summed E-state index contributed by atoms with van der Waals surface area (Å²) in [5, 5.41) is 9.18. The van der Waals surface area contributed by atoms with Crippen molar-refractivity contribution >= 4 is 16.6 Å². The first kappa shape index (κ1) is 12.9. The molecule has 2 heterocycles. The maximum absolute atomic E-state index is 12.7. The Morgan fingerprint density at radius 3 is 2.82 bits per heavy atom. The monoisotopic (exact) mass is 294 g/mol. The number of rotatable bonds is 3. The Morgan fingerprint density at radius 1 is 1.23 bits per heavy atom. The van der Waals surface area contributed by atoms with E-state index in [0.29, 0.717) is 28.1 Å². The lowest BCUT2D eigenvalue weighted by Crippen LogP contribution is -2.16. The highest BCUT2D eigenvalue weighted by atomic mass is 16.1. The van der Waals surface area contributed by atoms with E-state index in [1.807, 2.05) is 0 Å². The van der Waals surface area contributed by atoms with Gasteiger partial charge in [-0.15, -0.1) is 5.10 Å². The number of carbonyl (C=O) groups is 1. The molecule has 1 aliphatic rings. The summed E-state index contributed by atoms with van der Waals surface area (Å²) in [6, 6.07) is 7.35. The molecule has 0 bridgehead atoms. The smallest absolute Gasteiger partial charge is 0.258 e. The van der Waals surface area contributed by atoms with Gasteiger partial charge in [-0.05, 0) is 30.4 Å². The van der Waals surface area contributed by atoms with Crippen molar-refractivity contribution in [1.29, 1.82) is 0 Å². The summed E-state index contributed by atoms with van der Waals surface area (Å²) in [6.45, 7) is 0. The fourth-order valence-electron chi connectivity index (χ4n) is 2.61. The molecule has 1 fully saturated rings. The van der Waals surface area contributed by atoms with Crippen molar-refractivity contribution in [2.24, 2.45) is 7.05 Å². The fraction of sp³-hybridized carbons (Fsp3) is 0.250. The number of hydrogen-bond acceptors (Lipinski definition) is 4. The number of ketones is 1. The Balaban J connectivity index is 1.84. The predicted octanol–water partition coefficient (Wildman–Crippen LogP) is 1.70. The number of nitrogens with zero attached hydrogens (tertiary/aromatic N) is 4. The fourth-order valence-corrected chi connectivity index (χ4v) is 2.61. The van der Waals surface area contributed by atoms with Crippen molar-refractivity contribution in [3.05, 3.63) is 58.3 Å². The van der Waals surface area contributed by atoms with Gasteiger partial charge in [0.25, 0.3) is 5.56 Å². The van der Waals surface area contributed by atoms with Gasteiger partial charge in [0, 0.05) is 24.2 Å². The Bertz CT molecular complexity index is 950. The highest BCUT2D eigenvalue weighted by molar-refractivity contribution is 6.15. The molecule has 3 aromatic rings. The lowest BCUT2D eigenvalue weighted by Gasteiger charge is -2.05. The number of benzene rings is 1. The maximum atomic E-state index is 12.7. The number of pyridine rings is 1. The molecule has 6 nitrogen and oxygen atoms in total. The predicted molar refractivity (Wildman–Crippen MR) is 80.9 cm³/mol. The third-order valence-electron chi connectivity index (χ3n) is 4.03. The van der Waals surface area contributed by atoms with Crippen LogP contribution in [0, 0.1) is 0 Å². The van der Waals surface area contributed by atoms with Gasteiger partial charge in [0.05, 0.1) is 12.2 Å². The van der Waals surface area contributed by atoms with E-state index in [0.717, 1.165) is 12.8 Å². The Hall–Kier alpha value is -2.76. The molecule has 0 radical (unpaired) electrons. The minimum absolute atomic E-state index is 0.117. The van der Waals surface area contributed by atoms with Gasteiger partial charge in [0.15, 0.2) is 5.69 Å². The SMILES string of the molecule is Cn1ccc2c(C(=O)c3cn(C4CC4)nn3)cccc2c1=O. The van der Waals surface area contributed by atoms with E-state index in [1.54, 1.807) is 48.4 Å². The first-order valence-corrected chi connectivity index (χ1v) is 7.20. The second-order valence-electron chi connectivity index (χ2n) is 5.64. The van der Waals surface area contributed by atoms with Crippen LogP contribution in [0.2, 0.25) is 0 Å². The van der Waals surface area contributed by atoms with Crippen molar-refractivity contribution in [3.63, 3.8) is 0 Å². The van der Waals surface area contributed by atoms with Gasteiger partial charge in [0.2, 0.25) is 5.78 Å². The van der Waals surface area contributed by atoms with Gasteiger partial charge in [-0.3, -0.25) is 9.59 Å². The topological polar surface area (TPSA) is 69.8 Å². The van der Waals surface area contributed by atoms with Crippen molar-refractivity contribution in [1.82, 2.24) is 19.6 Å². The van der Waals surface area contributed by atoms with E-state index in [1.165, 1.54) is 4.57 Å². The van der Waals surface area contributed by atoms with Crippen LogP contribution in [0.4, 0.5) is 0 Å². The van der Waals surface area contributed by atoms with Crippen LogP contribution in [0.25, 0.3) is 10.8 Å². The van der Waals surface area contributed by atoms with Gasteiger partial charge in [0.1, 0.15) is 0 Å². The van der Waals surface area contributed by atoms with Crippen molar-refractivity contribution in [2.75, 3.05) is 0 Å². The Morgan fingerprint density at radius 2 is 2.05 bits per heavy atom. The summed E-state index contributed by atoms with van der Waals surface area (Å²) in [7, 11) is 1.69. The summed E-state index contributed by atoms with van der Waals surface area (Å²) in [5.41, 5.74) is 0.687. The Kier molecular flexibility index (Phi) is 2.72. The van der Waals surface area contributed by atoms with Crippen molar-refractivity contribution in [2.45, 2.75) is 18.9 Å². The molecular weight excluding hydrogens is 280 g/mol. The first-order valence-electron chi connectivity index (χ1n) is 7.20. The van der Waals surface area contributed by atoms with Gasteiger partial charge in [-0.1, -0.05) is 17.3 Å².